The molecule has 2 unspecified atom stereocenters. The lowest BCUT2D eigenvalue weighted by Crippen LogP contribution is -2.44. The Kier molecular flexibility index (Phi) is 5.62. The van der Waals surface area contributed by atoms with Crippen molar-refractivity contribution in [1.29, 1.82) is 0 Å². The van der Waals surface area contributed by atoms with Crippen molar-refractivity contribution in [1.82, 2.24) is 10.2 Å². The summed E-state index contributed by atoms with van der Waals surface area (Å²) in [4.78, 5) is 2.67. The van der Waals surface area contributed by atoms with Crippen molar-refractivity contribution in [2.24, 2.45) is 5.92 Å². The van der Waals surface area contributed by atoms with Crippen LogP contribution in [0.15, 0.2) is 0 Å². The number of hydrogen-bond donors (Lipinski definition) is 1. The minimum absolute atomic E-state index is 0.689. The van der Waals surface area contributed by atoms with Gasteiger partial charge in [-0.2, -0.15) is 0 Å². The zero-order chi connectivity index (χ0) is 11.3. The Morgan fingerprint density at radius 3 is 2.33 bits per heavy atom. The van der Waals surface area contributed by atoms with E-state index in [2.05, 4.69) is 38.0 Å². The van der Waals surface area contributed by atoms with Crippen LogP contribution in [0.4, 0.5) is 0 Å². The van der Waals surface area contributed by atoms with E-state index in [4.69, 9.17) is 0 Å². The van der Waals surface area contributed by atoms with Crippen LogP contribution in [0.1, 0.15) is 46.5 Å². The minimum atomic E-state index is 0.689. The highest BCUT2D eigenvalue weighted by atomic mass is 15.2. The fourth-order valence-electron chi connectivity index (χ4n) is 2.70. The predicted octanol–water partition coefficient (Wildman–Crippen LogP) is 2.49. The molecule has 0 aliphatic carbocycles. The van der Waals surface area contributed by atoms with E-state index in [1.807, 2.05) is 0 Å². The Balaban J connectivity index is 2.29. The molecule has 90 valence electrons. The summed E-state index contributed by atoms with van der Waals surface area (Å²) in [5.41, 5.74) is 0. The Morgan fingerprint density at radius 1 is 1.27 bits per heavy atom. The topological polar surface area (TPSA) is 15.3 Å². The van der Waals surface area contributed by atoms with E-state index < -0.39 is 0 Å². The van der Waals surface area contributed by atoms with E-state index in [0.29, 0.717) is 6.04 Å². The van der Waals surface area contributed by atoms with Gasteiger partial charge in [-0.3, -0.25) is 0 Å². The SMILES string of the molecule is CCCC(C)N1CCC(C(C)NC)CC1. The molecule has 0 aromatic carbocycles. The number of rotatable bonds is 5. The molecule has 0 radical (unpaired) electrons. The van der Waals surface area contributed by atoms with Crippen molar-refractivity contribution in [3.8, 4) is 0 Å². The van der Waals surface area contributed by atoms with Gasteiger partial charge in [-0.1, -0.05) is 13.3 Å². The first-order valence-electron chi connectivity index (χ1n) is 6.60. The zero-order valence-electron chi connectivity index (χ0n) is 10.9. The van der Waals surface area contributed by atoms with Crippen LogP contribution < -0.4 is 5.32 Å². The van der Waals surface area contributed by atoms with Gasteiger partial charge in [-0.15, -0.1) is 0 Å². The number of likely N-dealkylation sites (tertiary alicyclic amines) is 1. The van der Waals surface area contributed by atoms with Crippen molar-refractivity contribution >= 4 is 0 Å². The van der Waals surface area contributed by atoms with E-state index in [1.165, 1.54) is 38.8 Å². The highest BCUT2D eigenvalue weighted by Crippen LogP contribution is 2.22. The third-order valence-electron chi connectivity index (χ3n) is 4.07. The third kappa shape index (κ3) is 3.76. The molecule has 0 amide bonds. The highest BCUT2D eigenvalue weighted by molar-refractivity contribution is 4.80. The van der Waals surface area contributed by atoms with Crippen LogP contribution in [0.2, 0.25) is 0 Å². The van der Waals surface area contributed by atoms with Gasteiger partial charge in [-0.05, 0) is 59.2 Å². The van der Waals surface area contributed by atoms with Crippen LogP contribution in [0.3, 0.4) is 0 Å². The molecular formula is C13H28N2. The van der Waals surface area contributed by atoms with Crippen LogP contribution in [-0.4, -0.2) is 37.1 Å². The maximum Gasteiger partial charge on any atom is 0.00668 e. The normalized spacial score (nSPS) is 24.0. The van der Waals surface area contributed by atoms with Gasteiger partial charge < -0.3 is 10.2 Å². The number of hydrogen-bond acceptors (Lipinski definition) is 2. The summed E-state index contributed by atoms with van der Waals surface area (Å²) in [6, 6.07) is 1.48. The average Bonchev–Trinajstić information content (AvgIpc) is 2.28. The standard InChI is InChI=1S/C13H28N2/c1-5-6-11(2)15-9-7-13(8-10-15)12(3)14-4/h11-14H,5-10H2,1-4H3. The Labute approximate surface area is 95.4 Å². The van der Waals surface area contributed by atoms with E-state index in [-0.39, 0.29) is 0 Å². The first kappa shape index (κ1) is 13.0. The van der Waals surface area contributed by atoms with Gasteiger partial charge in [0.25, 0.3) is 0 Å². The second kappa shape index (κ2) is 6.49. The van der Waals surface area contributed by atoms with Gasteiger partial charge in [0.1, 0.15) is 0 Å². The van der Waals surface area contributed by atoms with Gasteiger partial charge >= 0.3 is 0 Å². The molecule has 0 aromatic rings. The molecule has 1 saturated heterocycles. The van der Waals surface area contributed by atoms with Crippen LogP contribution in [0.25, 0.3) is 0 Å². The molecule has 0 spiro atoms. The van der Waals surface area contributed by atoms with Crippen LogP contribution in [0, 0.1) is 5.92 Å². The monoisotopic (exact) mass is 212 g/mol. The zero-order valence-corrected chi connectivity index (χ0v) is 10.9. The number of piperidine rings is 1. The van der Waals surface area contributed by atoms with Crippen molar-refractivity contribution < 1.29 is 0 Å². The van der Waals surface area contributed by atoms with E-state index in [9.17, 15) is 0 Å². The summed E-state index contributed by atoms with van der Waals surface area (Å²) in [6.07, 6.45) is 5.41. The molecule has 1 aliphatic heterocycles. The summed E-state index contributed by atoms with van der Waals surface area (Å²) < 4.78 is 0. The summed E-state index contributed by atoms with van der Waals surface area (Å²) in [5, 5.41) is 3.39. The predicted molar refractivity (Wildman–Crippen MR) is 67.2 cm³/mol. The molecule has 2 heteroatoms. The smallest absolute Gasteiger partial charge is 0.00668 e. The van der Waals surface area contributed by atoms with E-state index in [0.717, 1.165) is 12.0 Å². The quantitative estimate of drug-likeness (QED) is 0.753. The molecule has 15 heavy (non-hydrogen) atoms. The fourth-order valence-corrected chi connectivity index (χ4v) is 2.70. The Bertz CT molecular complexity index is 162. The van der Waals surface area contributed by atoms with E-state index in [1.54, 1.807) is 0 Å². The summed E-state index contributed by atoms with van der Waals surface area (Å²) in [5.74, 6) is 0.889. The maximum atomic E-state index is 3.39. The second-order valence-electron chi connectivity index (χ2n) is 5.09. The molecule has 1 heterocycles. The van der Waals surface area contributed by atoms with Crippen molar-refractivity contribution in [2.45, 2.75) is 58.5 Å². The number of nitrogens with zero attached hydrogens (tertiary/aromatic N) is 1. The molecule has 0 bridgehead atoms. The van der Waals surface area contributed by atoms with Crippen molar-refractivity contribution in [3.63, 3.8) is 0 Å². The third-order valence-corrected chi connectivity index (χ3v) is 4.07. The van der Waals surface area contributed by atoms with Crippen molar-refractivity contribution in [3.05, 3.63) is 0 Å². The Hall–Kier alpha value is -0.0800. The summed E-state index contributed by atoms with van der Waals surface area (Å²) >= 11 is 0. The molecule has 0 aromatic heterocycles. The van der Waals surface area contributed by atoms with Crippen LogP contribution in [0.5, 0.6) is 0 Å². The highest BCUT2D eigenvalue weighted by Gasteiger charge is 2.24. The van der Waals surface area contributed by atoms with Gasteiger partial charge in [0, 0.05) is 12.1 Å². The number of nitrogens with one attached hydrogen (secondary N) is 1. The van der Waals surface area contributed by atoms with Gasteiger partial charge in [0.2, 0.25) is 0 Å². The first-order chi connectivity index (χ1) is 7.19. The lowest BCUT2D eigenvalue weighted by molar-refractivity contribution is 0.122. The van der Waals surface area contributed by atoms with Crippen LogP contribution in [-0.2, 0) is 0 Å². The summed E-state index contributed by atoms with van der Waals surface area (Å²) in [6.45, 7) is 9.59. The Morgan fingerprint density at radius 2 is 1.87 bits per heavy atom. The fraction of sp³-hybridized carbons (Fsp3) is 1.00. The second-order valence-corrected chi connectivity index (χ2v) is 5.09. The molecule has 2 atom stereocenters. The van der Waals surface area contributed by atoms with E-state index >= 15 is 0 Å². The lowest BCUT2D eigenvalue weighted by Gasteiger charge is -2.38. The molecule has 1 aliphatic rings. The van der Waals surface area contributed by atoms with Crippen LogP contribution >= 0.6 is 0 Å². The average molecular weight is 212 g/mol. The molecule has 0 saturated carbocycles. The van der Waals surface area contributed by atoms with Gasteiger partial charge in [-0.25, -0.2) is 0 Å². The maximum absolute atomic E-state index is 3.39. The lowest BCUT2D eigenvalue weighted by atomic mass is 9.89. The molecule has 2 nitrogen and oxygen atoms in total. The van der Waals surface area contributed by atoms with Gasteiger partial charge in [0.05, 0.1) is 0 Å². The minimum Gasteiger partial charge on any atom is -0.317 e. The molecular weight excluding hydrogens is 184 g/mol. The molecule has 1 rings (SSSR count). The van der Waals surface area contributed by atoms with Crippen molar-refractivity contribution in [2.75, 3.05) is 20.1 Å². The molecule has 1 fully saturated rings. The van der Waals surface area contributed by atoms with Gasteiger partial charge in [0.15, 0.2) is 0 Å². The largest absolute Gasteiger partial charge is 0.317 e. The first-order valence-corrected chi connectivity index (χ1v) is 6.60. The molecule has 1 N–H and O–H groups in total. The summed E-state index contributed by atoms with van der Waals surface area (Å²) in [7, 11) is 2.08.